The van der Waals surface area contributed by atoms with Crippen LogP contribution in [0.15, 0.2) is 88.9 Å². The molecule has 1 aromatic heterocycles. The lowest BCUT2D eigenvalue weighted by Crippen LogP contribution is -2.13. The van der Waals surface area contributed by atoms with Gasteiger partial charge in [-0.1, -0.05) is 24.3 Å². The van der Waals surface area contributed by atoms with Crippen molar-refractivity contribution in [1.82, 2.24) is 4.98 Å². The molecule has 0 radical (unpaired) electrons. The molecule has 0 unspecified atom stereocenters. The predicted molar refractivity (Wildman–Crippen MR) is 139 cm³/mol. The summed E-state index contributed by atoms with van der Waals surface area (Å²) in [5.41, 5.74) is -0.418. The van der Waals surface area contributed by atoms with Crippen molar-refractivity contribution in [3.8, 4) is 16.9 Å². The Labute approximate surface area is 222 Å². The van der Waals surface area contributed by atoms with Gasteiger partial charge in [-0.2, -0.15) is 13.2 Å². The number of benzene rings is 3. The van der Waals surface area contributed by atoms with Gasteiger partial charge in [0.1, 0.15) is 5.75 Å². The first-order valence-electron chi connectivity index (χ1n) is 11.5. The second kappa shape index (κ2) is 10.8. The van der Waals surface area contributed by atoms with E-state index >= 15 is 0 Å². The molecule has 0 amide bonds. The first kappa shape index (κ1) is 27.6. The minimum atomic E-state index is -4.63. The number of pyridine rings is 1. The van der Waals surface area contributed by atoms with E-state index in [4.69, 9.17) is 4.74 Å². The Morgan fingerprint density at radius 2 is 1.72 bits per heavy atom. The van der Waals surface area contributed by atoms with Crippen molar-refractivity contribution < 1.29 is 36.2 Å². The van der Waals surface area contributed by atoms with Crippen LogP contribution in [0.3, 0.4) is 0 Å². The molecule has 0 bridgehead atoms. The van der Waals surface area contributed by atoms with E-state index in [1.807, 2.05) is 0 Å². The zero-order chi connectivity index (χ0) is 28.4. The highest BCUT2D eigenvalue weighted by Gasteiger charge is 2.33. The molecule has 0 aliphatic rings. The molecule has 0 fully saturated rings. The Morgan fingerprint density at radius 3 is 2.36 bits per heavy atom. The molecule has 4 aromatic rings. The molecule has 7 nitrogen and oxygen atoms in total. The van der Waals surface area contributed by atoms with Crippen LogP contribution < -0.4 is 10.1 Å². The number of rotatable bonds is 8. The molecule has 3 aromatic carbocycles. The molecule has 2 N–H and O–H groups in total. The quantitative estimate of drug-likeness (QED) is 0.265. The number of carboxylic acid groups (broad SMARTS) is 1. The number of sulfone groups is 1. The molecule has 0 saturated carbocycles. The Hall–Kier alpha value is -4.38. The van der Waals surface area contributed by atoms with E-state index in [0.29, 0.717) is 11.3 Å². The molecular weight excluding hydrogens is 533 g/mol. The van der Waals surface area contributed by atoms with E-state index in [1.165, 1.54) is 67.9 Å². The zero-order valence-electron chi connectivity index (χ0n) is 20.8. The third-order valence-corrected chi connectivity index (χ3v) is 7.81. The van der Waals surface area contributed by atoms with Crippen molar-refractivity contribution in [2.45, 2.75) is 29.6 Å². The number of nitrogens with zero attached hydrogens (tertiary/aromatic N) is 1. The molecule has 1 heterocycles. The van der Waals surface area contributed by atoms with Gasteiger partial charge in [-0.25, -0.2) is 18.2 Å². The van der Waals surface area contributed by atoms with E-state index < -0.39 is 27.5 Å². The lowest BCUT2D eigenvalue weighted by atomic mass is 9.94. The molecule has 0 spiro atoms. The van der Waals surface area contributed by atoms with Gasteiger partial charge in [0.15, 0.2) is 5.03 Å². The van der Waals surface area contributed by atoms with Crippen molar-refractivity contribution >= 4 is 21.5 Å². The number of halogens is 3. The molecule has 202 valence electrons. The van der Waals surface area contributed by atoms with E-state index in [1.54, 1.807) is 19.1 Å². The summed E-state index contributed by atoms with van der Waals surface area (Å²) >= 11 is 0. The summed E-state index contributed by atoms with van der Waals surface area (Å²) in [6, 6.07) is 16.4. The molecule has 39 heavy (non-hydrogen) atoms. The van der Waals surface area contributed by atoms with Gasteiger partial charge in [0.25, 0.3) is 0 Å². The van der Waals surface area contributed by atoms with Crippen molar-refractivity contribution in [2.75, 3.05) is 12.4 Å². The predicted octanol–water partition coefficient (Wildman–Crippen LogP) is 6.23. The van der Waals surface area contributed by atoms with Crippen LogP contribution in [0.2, 0.25) is 0 Å². The summed E-state index contributed by atoms with van der Waals surface area (Å²) < 4.78 is 72.4. The van der Waals surface area contributed by atoms with Crippen LogP contribution >= 0.6 is 0 Å². The van der Waals surface area contributed by atoms with Crippen molar-refractivity contribution in [1.29, 1.82) is 0 Å². The van der Waals surface area contributed by atoms with Crippen molar-refractivity contribution in [2.24, 2.45) is 0 Å². The second-order valence-electron chi connectivity index (χ2n) is 8.56. The van der Waals surface area contributed by atoms with E-state index in [9.17, 15) is 31.5 Å². The van der Waals surface area contributed by atoms with Crippen LogP contribution in [0, 0.1) is 6.92 Å². The van der Waals surface area contributed by atoms with E-state index in [2.05, 4.69) is 10.3 Å². The number of alkyl halides is 3. The van der Waals surface area contributed by atoms with Crippen LogP contribution in [0.5, 0.6) is 5.75 Å². The number of carboxylic acids is 1. The summed E-state index contributed by atoms with van der Waals surface area (Å²) in [6.45, 7) is 1.45. The highest BCUT2D eigenvalue weighted by molar-refractivity contribution is 7.91. The fourth-order valence-electron chi connectivity index (χ4n) is 4.18. The largest absolute Gasteiger partial charge is 0.497 e. The number of carbonyl (C=O) groups is 1. The molecule has 0 aliphatic heterocycles. The maximum absolute atomic E-state index is 13.6. The van der Waals surface area contributed by atoms with Crippen LogP contribution in [-0.4, -0.2) is 31.6 Å². The van der Waals surface area contributed by atoms with Gasteiger partial charge in [0, 0.05) is 18.3 Å². The minimum absolute atomic E-state index is 0.00154. The molecule has 4 rings (SSSR count). The number of nitrogens with one attached hydrogen (secondary N) is 1. The third-order valence-electron chi connectivity index (χ3n) is 6.04. The first-order valence-corrected chi connectivity index (χ1v) is 13.0. The van der Waals surface area contributed by atoms with Crippen LogP contribution in [-0.2, 0) is 22.6 Å². The van der Waals surface area contributed by atoms with Gasteiger partial charge in [-0.15, -0.1) is 0 Å². The van der Waals surface area contributed by atoms with Crippen LogP contribution in [0.25, 0.3) is 11.1 Å². The third kappa shape index (κ3) is 5.73. The Morgan fingerprint density at radius 1 is 1.03 bits per heavy atom. The molecule has 11 heteroatoms. The molecular formula is C28H23F3N2O5S. The fraction of sp³-hybridized carbons (Fsp3) is 0.143. The number of hydrogen-bond donors (Lipinski definition) is 2. The SMILES string of the molecule is COc1ccc(S(=O)(=O)c2ncccc2CNc2c(C)cc(-c3ccccc3C(F)(F)F)cc2C(=O)O)cc1. The van der Waals surface area contributed by atoms with Gasteiger partial charge in [0.05, 0.1) is 28.8 Å². The first-order chi connectivity index (χ1) is 18.4. The summed E-state index contributed by atoms with van der Waals surface area (Å²) in [5.74, 6) is -0.876. The van der Waals surface area contributed by atoms with E-state index in [-0.39, 0.29) is 44.4 Å². The van der Waals surface area contributed by atoms with Gasteiger partial charge >= 0.3 is 12.1 Å². The summed E-state index contributed by atoms with van der Waals surface area (Å²) in [5, 5.41) is 12.6. The van der Waals surface area contributed by atoms with Gasteiger partial charge in [0.2, 0.25) is 9.84 Å². The number of aromatic carboxylic acids is 1. The maximum Gasteiger partial charge on any atom is 0.417 e. The highest BCUT2D eigenvalue weighted by atomic mass is 32.2. The summed E-state index contributed by atoms with van der Waals surface area (Å²) in [6.07, 6.45) is -3.29. The van der Waals surface area contributed by atoms with Crippen molar-refractivity contribution in [3.63, 3.8) is 0 Å². The lowest BCUT2D eigenvalue weighted by molar-refractivity contribution is -0.137. The minimum Gasteiger partial charge on any atom is -0.497 e. The average molecular weight is 557 g/mol. The topological polar surface area (TPSA) is 106 Å². The summed E-state index contributed by atoms with van der Waals surface area (Å²) in [7, 11) is -2.57. The van der Waals surface area contributed by atoms with Crippen molar-refractivity contribution in [3.05, 3.63) is 101 Å². The molecule has 0 aliphatic carbocycles. The maximum atomic E-state index is 13.6. The number of aromatic nitrogens is 1. The van der Waals surface area contributed by atoms with Gasteiger partial charge in [-0.05, 0) is 72.1 Å². The standard InChI is InChI=1S/C28H23F3N2O5S/c1-17-14-19(22-7-3-4-8-24(22)28(29,30)31)15-23(27(34)35)25(17)33-16-18-6-5-13-32-26(18)39(36,37)21-11-9-20(38-2)10-12-21/h3-15,33H,16H2,1-2H3,(H,34,35). The second-order valence-corrected chi connectivity index (χ2v) is 10.4. The smallest absolute Gasteiger partial charge is 0.417 e. The van der Waals surface area contributed by atoms with Crippen LogP contribution in [0.4, 0.5) is 18.9 Å². The Bertz CT molecular complexity index is 1640. The molecule has 0 atom stereocenters. The highest BCUT2D eigenvalue weighted by Crippen LogP contribution is 2.39. The van der Waals surface area contributed by atoms with E-state index in [0.717, 1.165) is 6.07 Å². The van der Waals surface area contributed by atoms with Gasteiger partial charge in [-0.3, -0.25) is 0 Å². The van der Waals surface area contributed by atoms with Gasteiger partial charge < -0.3 is 15.2 Å². The monoisotopic (exact) mass is 556 g/mol. The number of anilines is 1. The number of hydrogen-bond acceptors (Lipinski definition) is 6. The van der Waals surface area contributed by atoms with Crippen LogP contribution in [0.1, 0.15) is 27.0 Å². The normalized spacial score (nSPS) is 11.7. The number of methoxy groups -OCH3 is 1. The fourth-order valence-corrected chi connectivity index (χ4v) is 5.58. The Kier molecular flexibility index (Phi) is 7.64. The number of aryl methyl sites for hydroxylation is 1. The summed E-state index contributed by atoms with van der Waals surface area (Å²) in [4.78, 5) is 16.2. The average Bonchev–Trinajstić information content (AvgIpc) is 2.91. The zero-order valence-corrected chi connectivity index (χ0v) is 21.6. The molecule has 0 saturated heterocycles. The number of ether oxygens (including phenoxy) is 1. The Balaban J connectivity index is 1.71. The lowest BCUT2D eigenvalue weighted by Gasteiger charge is -2.18.